The molecule has 116 valence electrons. The van der Waals surface area contributed by atoms with Crippen LogP contribution >= 0.6 is 0 Å². The van der Waals surface area contributed by atoms with Crippen LogP contribution in [-0.4, -0.2) is 17.7 Å². The van der Waals surface area contributed by atoms with Crippen LogP contribution in [0.3, 0.4) is 0 Å². The molecule has 1 unspecified atom stereocenters. The first-order valence-corrected chi connectivity index (χ1v) is 7.14. The Kier molecular flexibility index (Phi) is 3.80. The van der Waals surface area contributed by atoms with Crippen LogP contribution in [0.15, 0.2) is 48.5 Å². The van der Waals surface area contributed by atoms with Crippen LogP contribution in [0.4, 0.5) is 11.4 Å². The first kappa shape index (κ1) is 14.8. The van der Waals surface area contributed by atoms with E-state index in [9.17, 15) is 14.4 Å². The van der Waals surface area contributed by atoms with Gasteiger partial charge in [0.05, 0.1) is 5.92 Å². The van der Waals surface area contributed by atoms with Crippen molar-refractivity contribution in [3.63, 3.8) is 0 Å². The van der Waals surface area contributed by atoms with E-state index < -0.39 is 11.8 Å². The van der Waals surface area contributed by atoms with Gasteiger partial charge in [-0.05, 0) is 35.9 Å². The lowest BCUT2D eigenvalue weighted by molar-refractivity contribution is -0.123. The van der Waals surface area contributed by atoms with Gasteiger partial charge in [0.2, 0.25) is 17.7 Å². The Balaban J connectivity index is 1.81. The number of hydrogen-bond donors (Lipinski definition) is 3. The number of carbonyl (C=O) groups excluding carboxylic acids is 3. The first-order valence-electron chi connectivity index (χ1n) is 7.14. The van der Waals surface area contributed by atoms with Gasteiger partial charge in [-0.3, -0.25) is 14.4 Å². The van der Waals surface area contributed by atoms with Gasteiger partial charge in [0.1, 0.15) is 0 Å². The minimum Gasteiger partial charge on any atom is -0.366 e. The van der Waals surface area contributed by atoms with E-state index in [0.29, 0.717) is 16.9 Å². The zero-order chi connectivity index (χ0) is 16.4. The van der Waals surface area contributed by atoms with E-state index in [-0.39, 0.29) is 18.2 Å². The summed E-state index contributed by atoms with van der Waals surface area (Å²) in [4.78, 5) is 35.3. The molecule has 3 rings (SSSR count). The lowest BCUT2D eigenvalue weighted by atomic mass is 9.90. The molecule has 0 radical (unpaired) electrons. The summed E-state index contributed by atoms with van der Waals surface area (Å²) in [6.07, 6.45) is 0.0994. The van der Waals surface area contributed by atoms with E-state index in [4.69, 9.17) is 5.73 Å². The van der Waals surface area contributed by atoms with E-state index >= 15 is 0 Å². The first-order chi connectivity index (χ1) is 11.0. The highest BCUT2D eigenvalue weighted by molar-refractivity contribution is 6.05. The molecule has 2 aromatic carbocycles. The standard InChI is InChI=1S/C17H15N3O3/c18-16(22)10-5-7-11(8-6-10)19-17(23)13-9-15(21)20-14-4-2-1-3-12(13)14/h1-8,13H,9H2,(H2,18,22)(H,19,23)(H,20,21). The Labute approximate surface area is 132 Å². The summed E-state index contributed by atoms with van der Waals surface area (Å²) in [6, 6.07) is 13.5. The Morgan fingerprint density at radius 2 is 1.78 bits per heavy atom. The lowest BCUT2D eigenvalue weighted by Gasteiger charge is -2.24. The molecule has 1 aliphatic rings. The second-order valence-electron chi connectivity index (χ2n) is 5.32. The maximum Gasteiger partial charge on any atom is 0.248 e. The number of rotatable bonds is 3. The molecule has 3 amide bonds. The van der Waals surface area contributed by atoms with Crippen LogP contribution in [-0.2, 0) is 9.59 Å². The summed E-state index contributed by atoms with van der Waals surface area (Å²) in [5.74, 6) is -1.52. The third kappa shape index (κ3) is 3.06. The van der Waals surface area contributed by atoms with Crippen LogP contribution in [0, 0.1) is 0 Å². The molecule has 1 aliphatic heterocycles. The molecule has 6 nitrogen and oxygen atoms in total. The van der Waals surface area contributed by atoms with Gasteiger partial charge in [-0.1, -0.05) is 18.2 Å². The number of benzene rings is 2. The quantitative estimate of drug-likeness (QED) is 0.806. The van der Waals surface area contributed by atoms with Crippen molar-refractivity contribution in [2.24, 2.45) is 5.73 Å². The number of nitrogens with one attached hydrogen (secondary N) is 2. The van der Waals surface area contributed by atoms with Gasteiger partial charge in [-0.25, -0.2) is 0 Å². The Bertz CT molecular complexity index is 784. The number of hydrogen-bond acceptors (Lipinski definition) is 3. The van der Waals surface area contributed by atoms with Crippen LogP contribution in [0.2, 0.25) is 0 Å². The van der Waals surface area contributed by atoms with Gasteiger partial charge in [-0.15, -0.1) is 0 Å². The second-order valence-corrected chi connectivity index (χ2v) is 5.32. The third-order valence-electron chi connectivity index (χ3n) is 3.75. The normalized spacial score (nSPS) is 16.2. The van der Waals surface area contributed by atoms with E-state index in [1.54, 1.807) is 30.3 Å². The Morgan fingerprint density at radius 1 is 1.09 bits per heavy atom. The average molecular weight is 309 g/mol. The van der Waals surface area contributed by atoms with Crippen molar-refractivity contribution in [3.8, 4) is 0 Å². The van der Waals surface area contributed by atoms with Gasteiger partial charge in [-0.2, -0.15) is 0 Å². The van der Waals surface area contributed by atoms with Crippen molar-refractivity contribution in [1.82, 2.24) is 0 Å². The highest BCUT2D eigenvalue weighted by Crippen LogP contribution is 2.32. The average Bonchev–Trinajstić information content (AvgIpc) is 2.54. The fourth-order valence-electron chi connectivity index (χ4n) is 2.59. The third-order valence-corrected chi connectivity index (χ3v) is 3.75. The number of para-hydroxylation sites is 1. The molecule has 6 heteroatoms. The number of primary amides is 1. The molecule has 0 aromatic heterocycles. The molecule has 23 heavy (non-hydrogen) atoms. The van der Waals surface area contributed by atoms with Gasteiger partial charge in [0, 0.05) is 23.4 Å². The molecule has 0 saturated carbocycles. The molecule has 0 fully saturated rings. The molecule has 1 heterocycles. The maximum atomic E-state index is 12.5. The Hall–Kier alpha value is -3.15. The van der Waals surface area contributed by atoms with Crippen molar-refractivity contribution in [1.29, 1.82) is 0 Å². The van der Waals surface area contributed by atoms with Gasteiger partial charge < -0.3 is 16.4 Å². The largest absolute Gasteiger partial charge is 0.366 e. The summed E-state index contributed by atoms with van der Waals surface area (Å²) in [6.45, 7) is 0. The van der Waals surface area contributed by atoms with Crippen LogP contribution in [0.1, 0.15) is 28.3 Å². The monoisotopic (exact) mass is 309 g/mol. The van der Waals surface area contributed by atoms with Gasteiger partial charge in [0.25, 0.3) is 0 Å². The van der Waals surface area contributed by atoms with E-state index in [1.807, 2.05) is 18.2 Å². The van der Waals surface area contributed by atoms with Crippen LogP contribution < -0.4 is 16.4 Å². The topological polar surface area (TPSA) is 101 Å². The van der Waals surface area contributed by atoms with Gasteiger partial charge in [0.15, 0.2) is 0 Å². The number of carbonyl (C=O) groups is 3. The summed E-state index contributed by atoms with van der Waals surface area (Å²) in [5, 5.41) is 5.53. The minimum atomic E-state index is -0.546. The molecule has 0 saturated heterocycles. The van der Waals surface area contributed by atoms with Crippen molar-refractivity contribution in [3.05, 3.63) is 59.7 Å². The predicted molar refractivity (Wildman–Crippen MR) is 86.0 cm³/mol. The molecule has 4 N–H and O–H groups in total. The highest BCUT2D eigenvalue weighted by atomic mass is 16.2. The highest BCUT2D eigenvalue weighted by Gasteiger charge is 2.30. The molecule has 2 aromatic rings. The second kappa shape index (κ2) is 5.92. The molecular formula is C17H15N3O3. The number of nitrogens with two attached hydrogens (primary N) is 1. The maximum absolute atomic E-state index is 12.5. The molecule has 0 spiro atoms. The predicted octanol–water partition coefficient (Wildman–Crippen LogP) is 1.85. The molecule has 0 aliphatic carbocycles. The summed E-state index contributed by atoms with van der Waals surface area (Å²) in [7, 11) is 0. The zero-order valence-corrected chi connectivity index (χ0v) is 12.2. The minimum absolute atomic E-state index is 0.0994. The van der Waals surface area contributed by atoms with Crippen LogP contribution in [0.25, 0.3) is 0 Å². The fraction of sp³-hybridized carbons (Fsp3) is 0.118. The molecule has 1 atom stereocenters. The van der Waals surface area contributed by atoms with E-state index in [0.717, 1.165) is 5.56 Å². The van der Waals surface area contributed by atoms with E-state index in [2.05, 4.69) is 10.6 Å². The van der Waals surface area contributed by atoms with Gasteiger partial charge >= 0.3 is 0 Å². The lowest BCUT2D eigenvalue weighted by Crippen LogP contribution is -2.30. The van der Waals surface area contributed by atoms with Crippen molar-refractivity contribution in [2.45, 2.75) is 12.3 Å². The number of amides is 3. The molecule has 0 bridgehead atoms. The zero-order valence-electron chi connectivity index (χ0n) is 12.2. The van der Waals surface area contributed by atoms with E-state index in [1.165, 1.54) is 0 Å². The fourth-order valence-corrected chi connectivity index (χ4v) is 2.59. The summed E-state index contributed by atoms with van der Waals surface area (Å²) < 4.78 is 0. The van der Waals surface area contributed by atoms with Crippen molar-refractivity contribution >= 4 is 29.1 Å². The Morgan fingerprint density at radius 3 is 2.48 bits per heavy atom. The SMILES string of the molecule is NC(=O)c1ccc(NC(=O)C2CC(=O)Nc3ccccc32)cc1. The van der Waals surface area contributed by atoms with Crippen LogP contribution in [0.5, 0.6) is 0 Å². The molecular weight excluding hydrogens is 294 g/mol. The smallest absolute Gasteiger partial charge is 0.248 e. The number of anilines is 2. The summed E-state index contributed by atoms with van der Waals surface area (Å²) >= 11 is 0. The van der Waals surface area contributed by atoms with Crippen molar-refractivity contribution < 1.29 is 14.4 Å². The van der Waals surface area contributed by atoms with Crippen molar-refractivity contribution in [2.75, 3.05) is 10.6 Å². The summed E-state index contributed by atoms with van der Waals surface area (Å²) in [5.41, 5.74) is 7.54. The number of fused-ring (bicyclic) bond motifs is 1.